The molecule has 2 heterocycles. The number of aromatic nitrogens is 3. The third-order valence-electron chi connectivity index (χ3n) is 4.58. The lowest BCUT2D eigenvalue weighted by Crippen LogP contribution is -2.23. The van der Waals surface area contributed by atoms with E-state index in [4.69, 9.17) is 9.72 Å². The number of methoxy groups -OCH3 is 1. The number of ether oxygens (including phenoxy) is 1. The van der Waals surface area contributed by atoms with Crippen LogP contribution in [0.25, 0.3) is 22.0 Å². The van der Waals surface area contributed by atoms with E-state index in [0.29, 0.717) is 11.9 Å². The first-order valence-corrected chi connectivity index (χ1v) is 8.27. The van der Waals surface area contributed by atoms with Gasteiger partial charge in [0.05, 0.1) is 18.5 Å². The van der Waals surface area contributed by atoms with Crippen molar-refractivity contribution in [3.63, 3.8) is 0 Å². The van der Waals surface area contributed by atoms with Crippen molar-refractivity contribution in [1.82, 2.24) is 15.2 Å². The number of hydrogen-bond donors (Lipinski definition) is 0. The van der Waals surface area contributed by atoms with E-state index in [-0.39, 0.29) is 0 Å². The fourth-order valence-corrected chi connectivity index (χ4v) is 3.39. The van der Waals surface area contributed by atoms with E-state index in [2.05, 4.69) is 57.6 Å². The Labute approximate surface area is 141 Å². The highest BCUT2D eigenvalue weighted by molar-refractivity contribution is 5.95. The van der Waals surface area contributed by atoms with Gasteiger partial charge in [-0.1, -0.05) is 42.5 Å². The smallest absolute Gasteiger partial charge is 0.245 e. The molecule has 122 valence electrons. The molecular weight excluding hydrogens is 300 g/mol. The first kappa shape index (κ1) is 15.0. The minimum Gasteiger partial charge on any atom is -0.384 e. The molecule has 5 nitrogen and oxygen atoms in total. The van der Waals surface area contributed by atoms with Crippen molar-refractivity contribution in [1.29, 1.82) is 0 Å². The van der Waals surface area contributed by atoms with Gasteiger partial charge in [0.15, 0.2) is 0 Å². The molecule has 1 aliphatic rings. The van der Waals surface area contributed by atoms with E-state index in [1.54, 1.807) is 13.3 Å². The van der Waals surface area contributed by atoms with E-state index in [1.807, 2.05) is 0 Å². The molecule has 24 heavy (non-hydrogen) atoms. The molecule has 5 heteroatoms. The van der Waals surface area contributed by atoms with Crippen LogP contribution in [-0.4, -0.2) is 42.0 Å². The van der Waals surface area contributed by atoms with Crippen LogP contribution in [0.2, 0.25) is 0 Å². The molecule has 0 N–H and O–H groups in total. The van der Waals surface area contributed by atoms with Gasteiger partial charge in [0, 0.05) is 31.7 Å². The van der Waals surface area contributed by atoms with Crippen LogP contribution in [0.4, 0.5) is 5.95 Å². The zero-order valence-electron chi connectivity index (χ0n) is 13.7. The van der Waals surface area contributed by atoms with Gasteiger partial charge in [-0.05, 0) is 17.2 Å². The van der Waals surface area contributed by atoms with Crippen LogP contribution in [0.1, 0.15) is 6.42 Å². The van der Waals surface area contributed by atoms with E-state index >= 15 is 0 Å². The van der Waals surface area contributed by atoms with Gasteiger partial charge >= 0.3 is 0 Å². The summed E-state index contributed by atoms with van der Waals surface area (Å²) in [6.45, 7) is 2.66. The molecule has 0 saturated carbocycles. The molecule has 0 radical (unpaired) electrons. The van der Waals surface area contributed by atoms with Crippen LogP contribution in [0.3, 0.4) is 0 Å². The van der Waals surface area contributed by atoms with Crippen molar-refractivity contribution in [2.24, 2.45) is 5.92 Å². The standard InChI is InChI=1S/C19H20N4O/c1-24-13-14-9-10-23(12-14)19-21-18(11-20-22-19)17-8-4-6-15-5-2-3-7-16(15)17/h2-8,11,14H,9-10,12-13H2,1H3. The summed E-state index contributed by atoms with van der Waals surface area (Å²) in [4.78, 5) is 6.98. The molecule has 1 atom stereocenters. The molecule has 1 unspecified atom stereocenters. The Hall–Kier alpha value is -2.53. The average Bonchev–Trinajstić information content (AvgIpc) is 3.10. The lowest BCUT2D eigenvalue weighted by Gasteiger charge is -2.16. The fourth-order valence-electron chi connectivity index (χ4n) is 3.39. The molecule has 0 aliphatic carbocycles. The maximum atomic E-state index is 5.27. The molecular formula is C19H20N4O. The lowest BCUT2D eigenvalue weighted by atomic mass is 10.0. The van der Waals surface area contributed by atoms with Crippen molar-refractivity contribution in [3.05, 3.63) is 48.7 Å². The van der Waals surface area contributed by atoms with Crippen LogP contribution >= 0.6 is 0 Å². The van der Waals surface area contributed by atoms with Crippen LogP contribution in [0.5, 0.6) is 0 Å². The van der Waals surface area contributed by atoms with E-state index in [1.165, 1.54) is 10.8 Å². The summed E-state index contributed by atoms with van der Waals surface area (Å²) in [5.74, 6) is 1.25. The molecule has 0 spiro atoms. The Morgan fingerprint density at radius 2 is 2.04 bits per heavy atom. The first-order chi connectivity index (χ1) is 11.8. The minimum absolute atomic E-state index is 0.541. The van der Waals surface area contributed by atoms with Gasteiger partial charge in [0.1, 0.15) is 0 Å². The Bertz CT molecular complexity index is 846. The predicted octanol–water partition coefficient (Wildman–Crippen LogP) is 3.16. The summed E-state index contributed by atoms with van der Waals surface area (Å²) in [5, 5.41) is 10.8. The second-order valence-electron chi connectivity index (χ2n) is 6.22. The molecule has 3 aromatic rings. The van der Waals surface area contributed by atoms with Crippen molar-refractivity contribution in [3.8, 4) is 11.3 Å². The third-order valence-corrected chi connectivity index (χ3v) is 4.58. The Morgan fingerprint density at radius 1 is 1.17 bits per heavy atom. The summed E-state index contributed by atoms with van der Waals surface area (Å²) >= 11 is 0. The lowest BCUT2D eigenvalue weighted by molar-refractivity contribution is 0.161. The van der Waals surface area contributed by atoms with Crippen molar-refractivity contribution >= 4 is 16.7 Å². The highest BCUT2D eigenvalue weighted by atomic mass is 16.5. The molecule has 1 saturated heterocycles. The Balaban J connectivity index is 1.68. The van der Waals surface area contributed by atoms with Crippen molar-refractivity contribution < 1.29 is 4.74 Å². The normalized spacial score (nSPS) is 17.5. The van der Waals surface area contributed by atoms with Crippen molar-refractivity contribution in [2.75, 3.05) is 31.7 Å². The van der Waals surface area contributed by atoms with Gasteiger partial charge in [-0.25, -0.2) is 4.98 Å². The van der Waals surface area contributed by atoms with Crippen LogP contribution in [-0.2, 0) is 4.74 Å². The zero-order valence-corrected chi connectivity index (χ0v) is 13.7. The number of hydrogen-bond acceptors (Lipinski definition) is 5. The Morgan fingerprint density at radius 3 is 2.96 bits per heavy atom. The third kappa shape index (κ3) is 2.83. The van der Waals surface area contributed by atoms with Crippen molar-refractivity contribution in [2.45, 2.75) is 6.42 Å². The van der Waals surface area contributed by atoms with Gasteiger partial charge < -0.3 is 9.64 Å². The first-order valence-electron chi connectivity index (χ1n) is 8.27. The van der Waals surface area contributed by atoms with Gasteiger partial charge in [-0.3, -0.25) is 0 Å². The Kier molecular flexibility index (Phi) is 4.09. The molecule has 1 aliphatic heterocycles. The summed E-state index contributed by atoms with van der Waals surface area (Å²) < 4.78 is 5.27. The topological polar surface area (TPSA) is 51.1 Å². The number of benzene rings is 2. The molecule has 2 aromatic carbocycles. The minimum atomic E-state index is 0.541. The van der Waals surface area contributed by atoms with E-state index < -0.39 is 0 Å². The van der Waals surface area contributed by atoms with Gasteiger partial charge in [-0.2, -0.15) is 5.10 Å². The monoisotopic (exact) mass is 320 g/mol. The highest BCUT2D eigenvalue weighted by Gasteiger charge is 2.24. The average molecular weight is 320 g/mol. The molecule has 1 fully saturated rings. The molecule has 4 rings (SSSR count). The molecule has 0 amide bonds. The maximum Gasteiger partial charge on any atom is 0.245 e. The van der Waals surface area contributed by atoms with E-state index in [9.17, 15) is 0 Å². The fraction of sp³-hybridized carbons (Fsp3) is 0.316. The maximum absolute atomic E-state index is 5.27. The highest BCUT2D eigenvalue weighted by Crippen LogP contribution is 2.28. The van der Waals surface area contributed by atoms with Gasteiger partial charge in [-0.15, -0.1) is 5.10 Å². The number of nitrogens with zero attached hydrogens (tertiary/aromatic N) is 4. The molecule has 1 aromatic heterocycles. The number of fused-ring (bicyclic) bond motifs is 1. The SMILES string of the molecule is COCC1CCN(c2nncc(-c3cccc4ccccc34)n2)C1. The zero-order chi connectivity index (χ0) is 16.4. The van der Waals surface area contributed by atoms with Gasteiger partial charge in [0.25, 0.3) is 0 Å². The number of rotatable bonds is 4. The second kappa shape index (κ2) is 6.53. The summed E-state index contributed by atoms with van der Waals surface area (Å²) in [7, 11) is 1.75. The summed E-state index contributed by atoms with van der Waals surface area (Å²) in [6, 6.07) is 14.6. The van der Waals surface area contributed by atoms with E-state index in [0.717, 1.165) is 37.4 Å². The molecule has 0 bridgehead atoms. The second-order valence-corrected chi connectivity index (χ2v) is 6.22. The number of anilines is 1. The summed E-state index contributed by atoms with van der Waals surface area (Å²) in [5.41, 5.74) is 1.96. The van der Waals surface area contributed by atoms with Gasteiger partial charge in [0.2, 0.25) is 5.95 Å². The summed E-state index contributed by atoms with van der Waals surface area (Å²) in [6.07, 6.45) is 2.85. The largest absolute Gasteiger partial charge is 0.384 e. The van der Waals surface area contributed by atoms with Crippen LogP contribution < -0.4 is 4.90 Å². The quantitative estimate of drug-likeness (QED) is 0.739. The van der Waals surface area contributed by atoms with Crippen LogP contribution in [0.15, 0.2) is 48.7 Å². The predicted molar refractivity (Wildman–Crippen MR) is 95.0 cm³/mol. The van der Waals surface area contributed by atoms with Crippen LogP contribution in [0, 0.1) is 5.92 Å².